The zero-order valence-corrected chi connectivity index (χ0v) is 10.9. The Balaban J connectivity index is 0. The molecule has 0 saturated carbocycles. The van der Waals surface area contributed by atoms with E-state index in [1.54, 1.807) is 0 Å². The number of carbonyl (C=O) groups is 1. The molecule has 0 spiro atoms. The second-order valence-electron chi connectivity index (χ2n) is 3.82. The van der Waals surface area contributed by atoms with Crippen LogP contribution in [0.1, 0.15) is 46.0 Å². The minimum absolute atomic E-state index is 0.128. The van der Waals surface area contributed by atoms with Crippen LogP contribution in [0.15, 0.2) is 0 Å². The van der Waals surface area contributed by atoms with E-state index in [0.717, 1.165) is 39.4 Å². The Kier molecular flexibility index (Phi) is 16.9. The SMILES string of the molecule is CC(=O)O.CCCCOCCCCC(O)CO. The van der Waals surface area contributed by atoms with Gasteiger partial charge in [0.25, 0.3) is 5.97 Å². The summed E-state index contributed by atoms with van der Waals surface area (Å²) in [7, 11) is 0. The average molecular weight is 250 g/mol. The van der Waals surface area contributed by atoms with Crippen LogP contribution in [0.4, 0.5) is 0 Å². The Morgan fingerprint density at radius 2 is 1.76 bits per heavy atom. The maximum atomic E-state index is 9.01. The van der Waals surface area contributed by atoms with E-state index in [1.807, 2.05) is 0 Å². The standard InChI is InChI=1S/C10H22O3.C2H4O2/c1-2-3-7-13-8-5-4-6-10(12)9-11;1-2(3)4/h10-12H,2-9H2,1H3;1H3,(H,3,4). The van der Waals surface area contributed by atoms with Gasteiger partial charge in [-0.15, -0.1) is 0 Å². The molecule has 0 aliphatic heterocycles. The first kappa shape index (κ1) is 18.7. The molecule has 0 amide bonds. The number of aliphatic hydroxyl groups excluding tert-OH is 2. The van der Waals surface area contributed by atoms with Gasteiger partial charge in [-0.1, -0.05) is 13.3 Å². The molecule has 1 unspecified atom stereocenters. The zero-order valence-electron chi connectivity index (χ0n) is 10.9. The first-order chi connectivity index (χ1) is 8.04. The summed E-state index contributed by atoms with van der Waals surface area (Å²) in [5.74, 6) is -0.833. The highest BCUT2D eigenvalue weighted by molar-refractivity contribution is 5.62. The predicted octanol–water partition coefficient (Wildman–Crippen LogP) is 1.42. The molecule has 104 valence electrons. The third-order valence-corrected chi connectivity index (χ3v) is 1.93. The molecule has 5 heteroatoms. The molecule has 0 aromatic rings. The van der Waals surface area contributed by atoms with Crippen LogP contribution in [0.5, 0.6) is 0 Å². The van der Waals surface area contributed by atoms with Crippen molar-refractivity contribution >= 4 is 5.97 Å². The lowest BCUT2D eigenvalue weighted by Crippen LogP contribution is -2.11. The van der Waals surface area contributed by atoms with E-state index >= 15 is 0 Å². The smallest absolute Gasteiger partial charge is 0.300 e. The number of hydrogen-bond donors (Lipinski definition) is 3. The molecule has 0 heterocycles. The van der Waals surface area contributed by atoms with Crippen molar-refractivity contribution in [1.82, 2.24) is 0 Å². The molecule has 3 N–H and O–H groups in total. The highest BCUT2D eigenvalue weighted by atomic mass is 16.5. The summed E-state index contributed by atoms with van der Waals surface area (Å²) in [4.78, 5) is 9.00. The van der Waals surface area contributed by atoms with Crippen molar-refractivity contribution in [1.29, 1.82) is 0 Å². The van der Waals surface area contributed by atoms with Gasteiger partial charge < -0.3 is 20.1 Å². The lowest BCUT2D eigenvalue weighted by Gasteiger charge is -2.06. The summed E-state index contributed by atoms with van der Waals surface area (Å²) in [6, 6.07) is 0. The number of ether oxygens (including phenoxy) is 1. The first-order valence-corrected chi connectivity index (χ1v) is 6.10. The van der Waals surface area contributed by atoms with Crippen LogP contribution < -0.4 is 0 Å². The third kappa shape index (κ3) is 25.5. The van der Waals surface area contributed by atoms with Crippen LogP contribution >= 0.6 is 0 Å². The molecule has 0 aromatic heterocycles. The number of aliphatic hydroxyl groups is 2. The number of unbranched alkanes of at least 4 members (excludes halogenated alkanes) is 2. The molecule has 0 aliphatic carbocycles. The summed E-state index contributed by atoms with van der Waals surface area (Å²) in [5.41, 5.74) is 0. The van der Waals surface area contributed by atoms with Crippen LogP contribution in [0.3, 0.4) is 0 Å². The highest BCUT2D eigenvalue weighted by Crippen LogP contribution is 2.00. The van der Waals surface area contributed by atoms with Crippen molar-refractivity contribution in [3.63, 3.8) is 0 Å². The van der Waals surface area contributed by atoms with Crippen LogP contribution in [-0.4, -0.2) is 47.2 Å². The van der Waals surface area contributed by atoms with Crippen LogP contribution in [-0.2, 0) is 9.53 Å². The molecule has 0 fully saturated rings. The van der Waals surface area contributed by atoms with Crippen molar-refractivity contribution in [2.75, 3.05) is 19.8 Å². The number of rotatable bonds is 9. The molecule has 0 aliphatic rings. The lowest BCUT2D eigenvalue weighted by atomic mass is 10.2. The van der Waals surface area contributed by atoms with E-state index in [1.165, 1.54) is 6.42 Å². The zero-order chi connectivity index (χ0) is 13.5. The van der Waals surface area contributed by atoms with Gasteiger partial charge in [-0.3, -0.25) is 4.79 Å². The number of carboxylic acids is 1. The Morgan fingerprint density at radius 1 is 1.24 bits per heavy atom. The molecular formula is C12H26O5. The quantitative estimate of drug-likeness (QED) is 0.539. The molecule has 0 bridgehead atoms. The predicted molar refractivity (Wildman–Crippen MR) is 66.0 cm³/mol. The molecule has 0 rings (SSSR count). The van der Waals surface area contributed by atoms with Gasteiger partial charge in [-0.25, -0.2) is 0 Å². The van der Waals surface area contributed by atoms with Crippen molar-refractivity contribution in [3.8, 4) is 0 Å². The van der Waals surface area contributed by atoms with E-state index < -0.39 is 12.1 Å². The Bertz CT molecular complexity index is 157. The van der Waals surface area contributed by atoms with Gasteiger partial charge in [0, 0.05) is 20.1 Å². The summed E-state index contributed by atoms with van der Waals surface area (Å²) in [6.07, 6.45) is 4.32. The largest absolute Gasteiger partial charge is 0.481 e. The second kappa shape index (κ2) is 15.4. The van der Waals surface area contributed by atoms with Gasteiger partial charge in [0.05, 0.1) is 12.7 Å². The number of carboxylic acid groups (broad SMARTS) is 1. The lowest BCUT2D eigenvalue weighted by molar-refractivity contribution is -0.134. The van der Waals surface area contributed by atoms with E-state index in [9.17, 15) is 0 Å². The van der Waals surface area contributed by atoms with E-state index in [0.29, 0.717) is 6.42 Å². The normalized spacial score (nSPS) is 11.5. The summed E-state index contributed by atoms with van der Waals surface area (Å²) < 4.78 is 5.35. The van der Waals surface area contributed by atoms with Crippen LogP contribution in [0.2, 0.25) is 0 Å². The van der Waals surface area contributed by atoms with Gasteiger partial charge in [-0.05, 0) is 25.7 Å². The van der Waals surface area contributed by atoms with Crippen molar-refractivity contribution in [2.24, 2.45) is 0 Å². The molecule has 0 saturated heterocycles. The van der Waals surface area contributed by atoms with Crippen molar-refractivity contribution in [2.45, 2.75) is 52.1 Å². The monoisotopic (exact) mass is 250 g/mol. The molecule has 0 aromatic carbocycles. The fraction of sp³-hybridized carbons (Fsp3) is 0.917. The summed E-state index contributed by atoms with van der Waals surface area (Å²) in [6.45, 7) is 4.72. The average Bonchev–Trinajstić information content (AvgIpc) is 2.26. The minimum atomic E-state index is -0.833. The van der Waals surface area contributed by atoms with Gasteiger partial charge in [0.1, 0.15) is 0 Å². The Hall–Kier alpha value is -0.650. The molecule has 1 atom stereocenters. The van der Waals surface area contributed by atoms with Gasteiger partial charge >= 0.3 is 0 Å². The van der Waals surface area contributed by atoms with Crippen molar-refractivity contribution in [3.05, 3.63) is 0 Å². The fourth-order valence-electron chi connectivity index (χ4n) is 1.02. The van der Waals surface area contributed by atoms with E-state index in [4.69, 9.17) is 24.9 Å². The van der Waals surface area contributed by atoms with E-state index in [2.05, 4.69) is 6.92 Å². The highest BCUT2D eigenvalue weighted by Gasteiger charge is 2.00. The molecular weight excluding hydrogens is 224 g/mol. The van der Waals surface area contributed by atoms with Crippen molar-refractivity contribution < 1.29 is 24.9 Å². The molecule has 5 nitrogen and oxygen atoms in total. The maximum absolute atomic E-state index is 9.01. The molecule has 0 radical (unpaired) electrons. The molecule has 17 heavy (non-hydrogen) atoms. The van der Waals surface area contributed by atoms with E-state index in [-0.39, 0.29) is 6.61 Å². The second-order valence-corrected chi connectivity index (χ2v) is 3.82. The van der Waals surface area contributed by atoms with Gasteiger partial charge in [-0.2, -0.15) is 0 Å². The maximum Gasteiger partial charge on any atom is 0.300 e. The summed E-state index contributed by atoms with van der Waals surface area (Å²) in [5, 5.41) is 25.0. The third-order valence-electron chi connectivity index (χ3n) is 1.93. The summed E-state index contributed by atoms with van der Waals surface area (Å²) >= 11 is 0. The first-order valence-electron chi connectivity index (χ1n) is 6.10. The number of aliphatic carboxylic acids is 1. The Labute approximate surface area is 103 Å². The van der Waals surface area contributed by atoms with Gasteiger partial charge in [0.15, 0.2) is 0 Å². The van der Waals surface area contributed by atoms with Crippen LogP contribution in [0, 0.1) is 0 Å². The fourth-order valence-corrected chi connectivity index (χ4v) is 1.02. The van der Waals surface area contributed by atoms with Crippen LogP contribution in [0.25, 0.3) is 0 Å². The van der Waals surface area contributed by atoms with Gasteiger partial charge in [0.2, 0.25) is 0 Å². The minimum Gasteiger partial charge on any atom is -0.481 e. The number of hydrogen-bond acceptors (Lipinski definition) is 4. The topological polar surface area (TPSA) is 87.0 Å². The Morgan fingerprint density at radius 3 is 2.24 bits per heavy atom.